The molecule has 0 saturated heterocycles. The average Bonchev–Trinajstić information content (AvgIpc) is 3.17. The quantitative estimate of drug-likeness (QED) is 0.419. The minimum Gasteiger partial charge on any atom is -0.294 e. The van der Waals surface area contributed by atoms with Gasteiger partial charge in [0.05, 0.1) is 5.25 Å². The van der Waals surface area contributed by atoms with Crippen LogP contribution in [-0.2, 0) is 11.2 Å². The van der Waals surface area contributed by atoms with Crippen molar-refractivity contribution in [3.05, 3.63) is 89.5 Å². The predicted octanol–water partition coefficient (Wildman–Crippen LogP) is 4.42. The van der Waals surface area contributed by atoms with Crippen LogP contribution >= 0.6 is 23.4 Å². The van der Waals surface area contributed by atoms with Gasteiger partial charge in [-0.3, -0.25) is 14.7 Å². The molecule has 0 aliphatic heterocycles. The molecule has 0 saturated carbocycles. The van der Waals surface area contributed by atoms with E-state index < -0.39 is 5.25 Å². The molecule has 0 aliphatic carbocycles. The van der Waals surface area contributed by atoms with E-state index in [1.807, 2.05) is 59.2 Å². The van der Waals surface area contributed by atoms with Gasteiger partial charge in [-0.2, -0.15) is 0 Å². The number of rotatable bonds is 7. The van der Waals surface area contributed by atoms with Crippen molar-refractivity contribution >= 4 is 35.2 Å². The molecule has 1 amide bonds. The molecule has 0 spiro atoms. The highest BCUT2D eigenvalue weighted by atomic mass is 35.5. The number of amides is 1. The first-order valence-electron chi connectivity index (χ1n) is 9.59. The van der Waals surface area contributed by atoms with Gasteiger partial charge in [-0.05, 0) is 42.8 Å². The Hall–Kier alpha value is -3.23. The van der Waals surface area contributed by atoms with Gasteiger partial charge in [0.2, 0.25) is 11.9 Å². The molecule has 1 N–H and O–H groups in total. The van der Waals surface area contributed by atoms with E-state index in [0.29, 0.717) is 16.6 Å². The molecule has 2 aromatic carbocycles. The molecule has 4 aromatic rings. The number of hydrogen-bond donors (Lipinski definition) is 1. The van der Waals surface area contributed by atoms with Crippen LogP contribution < -0.4 is 5.32 Å². The summed E-state index contributed by atoms with van der Waals surface area (Å²) in [6.07, 6.45) is 3.76. The fourth-order valence-corrected chi connectivity index (χ4v) is 3.92. The van der Waals surface area contributed by atoms with Gasteiger partial charge in [0.15, 0.2) is 5.16 Å². The van der Waals surface area contributed by atoms with Crippen molar-refractivity contribution in [2.24, 2.45) is 0 Å². The molecular formula is C22H19ClN6OS. The van der Waals surface area contributed by atoms with Crippen molar-refractivity contribution < 1.29 is 4.79 Å². The summed E-state index contributed by atoms with van der Waals surface area (Å²) in [7, 11) is 0. The number of nitrogens with one attached hydrogen (secondary N) is 1. The van der Waals surface area contributed by atoms with E-state index in [0.717, 1.165) is 17.1 Å². The second kappa shape index (κ2) is 9.72. The van der Waals surface area contributed by atoms with E-state index in [2.05, 4.69) is 25.5 Å². The third kappa shape index (κ3) is 5.28. The second-order valence-corrected chi connectivity index (χ2v) is 8.44. The number of benzene rings is 2. The van der Waals surface area contributed by atoms with E-state index >= 15 is 0 Å². The Morgan fingerprint density at radius 1 is 1.03 bits per heavy atom. The van der Waals surface area contributed by atoms with Crippen LogP contribution in [0.2, 0.25) is 5.02 Å². The average molecular weight is 451 g/mol. The van der Waals surface area contributed by atoms with Gasteiger partial charge in [0.25, 0.3) is 0 Å². The van der Waals surface area contributed by atoms with Crippen LogP contribution in [-0.4, -0.2) is 35.9 Å². The summed E-state index contributed by atoms with van der Waals surface area (Å²) in [4.78, 5) is 20.7. The second-order valence-electron chi connectivity index (χ2n) is 6.69. The number of anilines is 1. The number of carbonyl (C=O) groups is 1. The first-order valence-corrected chi connectivity index (χ1v) is 10.8. The molecule has 1 unspecified atom stereocenters. The van der Waals surface area contributed by atoms with Gasteiger partial charge in [-0.15, -0.1) is 10.2 Å². The van der Waals surface area contributed by atoms with Gasteiger partial charge in [-0.25, -0.2) is 9.97 Å². The molecule has 0 aliphatic rings. The predicted molar refractivity (Wildman–Crippen MR) is 122 cm³/mol. The fourth-order valence-electron chi connectivity index (χ4n) is 2.91. The molecule has 9 heteroatoms. The third-order valence-electron chi connectivity index (χ3n) is 4.44. The van der Waals surface area contributed by atoms with Crippen LogP contribution in [0, 0.1) is 0 Å². The van der Waals surface area contributed by atoms with E-state index in [4.69, 9.17) is 11.6 Å². The van der Waals surface area contributed by atoms with Gasteiger partial charge < -0.3 is 0 Å². The first-order chi connectivity index (χ1) is 15.1. The van der Waals surface area contributed by atoms with Crippen LogP contribution in [0.25, 0.3) is 5.69 Å². The Morgan fingerprint density at radius 2 is 1.74 bits per heavy atom. The SMILES string of the molecule is CC(Sc1nnc(Cc2ccccc2)n1-c1ccc(Cl)cc1)C(=O)Nc1ncccn1. The maximum Gasteiger partial charge on any atom is 0.240 e. The minimum atomic E-state index is -0.441. The minimum absolute atomic E-state index is 0.216. The van der Waals surface area contributed by atoms with Crippen LogP contribution in [0.15, 0.2) is 78.2 Å². The number of halogens is 1. The summed E-state index contributed by atoms with van der Waals surface area (Å²) in [6.45, 7) is 1.81. The molecular weight excluding hydrogens is 432 g/mol. The normalized spacial score (nSPS) is 11.8. The Bertz CT molecular complexity index is 1150. The highest BCUT2D eigenvalue weighted by molar-refractivity contribution is 8.00. The molecule has 0 bridgehead atoms. The summed E-state index contributed by atoms with van der Waals surface area (Å²) in [5, 5.41) is 12.3. The Kier molecular flexibility index (Phi) is 6.59. The standard InChI is InChI=1S/C22H19ClN6OS/c1-15(20(30)26-21-24-12-5-13-25-21)31-22-28-27-19(14-16-6-3-2-4-7-16)29(22)18-10-8-17(23)9-11-18/h2-13,15H,14H2,1H3,(H,24,25,26,30). The van der Waals surface area contributed by atoms with Gasteiger partial charge >= 0.3 is 0 Å². The maximum absolute atomic E-state index is 12.6. The molecule has 4 rings (SSSR count). The van der Waals surface area contributed by atoms with Crippen LogP contribution in [0.4, 0.5) is 5.95 Å². The zero-order valence-corrected chi connectivity index (χ0v) is 18.2. The van der Waals surface area contributed by atoms with E-state index in [1.165, 1.54) is 11.8 Å². The lowest BCUT2D eigenvalue weighted by Crippen LogP contribution is -2.24. The van der Waals surface area contributed by atoms with Crippen molar-refractivity contribution in [1.29, 1.82) is 0 Å². The first kappa shape index (κ1) is 21.0. The lowest BCUT2D eigenvalue weighted by molar-refractivity contribution is -0.115. The molecule has 0 radical (unpaired) electrons. The summed E-state index contributed by atoms with van der Waals surface area (Å²) < 4.78 is 1.96. The maximum atomic E-state index is 12.6. The fraction of sp³-hybridized carbons (Fsp3) is 0.136. The molecule has 1 atom stereocenters. The van der Waals surface area contributed by atoms with Crippen LogP contribution in [0.5, 0.6) is 0 Å². The summed E-state index contributed by atoms with van der Waals surface area (Å²) in [5.41, 5.74) is 2.00. The van der Waals surface area contributed by atoms with E-state index in [1.54, 1.807) is 25.4 Å². The number of aromatic nitrogens is 5. The highest BCUT2D eigenvalue weighted by Gasteiger charge is 2.22. The van der Waals surface area contributed by atoms with Crippen molar-refractivity contribution in [3.63, 3.8) is 0 Å². The number of nitrogens with zero attached hydrogens (tertiary/aromatic N) is 5. The molecule has 0 fully saturated rings. The number of carbonyl (C=O) groups excluding carboxylic acids is 1. The zero-order valence-electron chi connectivity index (χ0n) is 16.6. The van der Waals surface area contributed by atoms with Crippen molar-refractivity contribution in [2.45, 2.75) is 23.8 Å². The van der Waals surface area contributed by atoms with Crippen molar-refractivity contribution in [3.8, 4) is 5.69 Å². The monoisotopic (exact) mass is 450 g/mol. The van der Waals surface area contributed by atoms with Crippen LogP contribution in [0.3, 0.4) is 0 Å². The summed E-state index contributed by atoms with van der Waals surface area (Å²) in [6, 6.07) is 19.2. The number of hydrogen-bond acceptors (Lipinski definition) is 6. The van der Waals surface area contributed by atoms with Gasteiger partial charge in [-0.1, -0.05) is 53.7 Å². The molecule has 31 heavy (non-hydrogen) atoms. The Balaban J connectivity index is 1.60. The lowest BCUT2D eigenvalue weighted by atomic mass is 10.1. The number of thioether (sulfide) groups is 1. The van der Waals surface area contributed by atoms with Crippen molar-refractivity contribution in [1.82, 2.24) is 24.7 Å². The van der Waals surface area contributed by atoms with Gasteiger partial charge in [0.1, 0.15) is 5.82 Å². The molecule has 7 nitrogen and oxygen atoms in total. The third-order valence-corrected chi connectivity index (χ3v) is 5.74. The van der Waals surface area contributed by atoms with Crippen LogP contribution in [0.1, 0.15) is 18.3 Å². The lowest BCUT2D eigenvalue weighted by Gasteiger charge is -2.13. The molecule has 2 aromatic heterocycles. The summed E-state index contributed by atoms with van der Waals surface area (Å²) in [5.74, 6) is 0.824. The summed E-state index contributed by atoms with van der Waals surface area (Å²) >= 11 is 7.39. The topological polar surface area (TPSA) is 85.6 Å². The Morgan fingerprint density at radius 3 is 2.45 bits per heavy atom. The molecule has 156 valence electrons. The van der Waals surface area contributed by atoms with Crippen molar-refractivity contribution in [2.75, 3.05) is 5.32 Å². The Labute approximate surface area is 188 Å². The van der Waals surface area contributed by atoms with E-state index in [9.17, 15) is 4.79 Å². The van der Waals surface area contributed by atoms with E-state index in [-0.39, 0.29) is 11.9 Å². The largest absolute Gasteiger partial charge is 0.294 e. The zero-order chi connectivity index (χ0) is 21.6. The highest BCUT2D eigenvalue weighted by Crippen LogP contribution is 2.28. The smallest absolute Gasteiger partial charge is 0.240 e. The molecule has 2 heterocycles. The van der Waals surface area contributed by atoms with Gasteiger partial charge in [0, 0.05) is 29.5 Å².